The Balaban J connectivity index is 1.76. The van der Waals surface area contributed by atoms with Gasteiger partial charge in [0.05, 0.1) is 17.2 Å². The molecule has 1 saturated carbocycles. The highest BCUT2D eigenvalue weighted by atomic mass is 19.4. The molecule has 1 heterocycles. The number of benzene rings is 1. The van der Waals surface area contributed by atoms with Gasteiger partial charge in [0, 0.05) is 17.7 Å². The van der Waals surface area contributed by atoms with E-state index in [9.17, 15) is 18.0 Å². The number of carbonyl (C=O) groups is 1. The predicted octanol–water partition coefficient (Wildman–Crippen LogP) is 4.45. The van der Waals surface area contributed by atoms with Crippen molar-refractivity contribution in [3.8, 4) is 11.3 Å². The van der Waals surface area contributed by atoms with E-state index in [-0.39, 0.29) is 11.8 Å². The Morgan fingerprint density at radius 1 is 1.21 bits per heavy atom. The lowest BCUT2D eigenvalue weighted by atomic mass is 9.82. The summed E-state index contributed by atoms with van der Waals surface area (Å²) in [6, 6.07) is 5.08. The van der Waals surface area contributed by atoms with Gasteiger partial charge in [-0.15, -0.1) is 0 Å². The molecule has 7 heteroatoms. The number of carboxylic acid groups (broad SMARTS) is 1. The minimum atomic E-state index is -4.38. The number of H-pyrrole nitrogens is 1. The predicted molar refractivity (Wildman–Crippen MR) is 81.4 cm³/mol. The number of aromatic nitrogens is 2. The summed E-state index contributed by atoms with van der Waals surface area (Å²) >= 11 is 0. The first-order valence-corrected chi connectivity index (χ1v) is 7.80. The summed E-state index contributed by atoms with van der Waals surface area (Å²) in [5.74, 6) is -0.233. The number of hydrogen-bond donors (Lipinski definition) is 2. The second-order valence-electron chi connectivity index (χ2n) is 6.14. The number of carboxylic acids is 1. The van der Waals surface area contributed by atoms with E-state index < -0.39 is 17.7 Å². The van der Waals surface area contributed by atoms with Crippen LogP contribution in [-0.2, 0) is 11.0 Å². The second-order valence-corrected chi connectivity index (χ2v) is 6.14. The summed E-state index contributed by atoms with van der Waals surface area (Å²) in [5, 5.41) is 9.02. The molecule has 0 bridgehead atoms. The first-order valence-electron chi connectivity index (χ1n) is 7.80. The summed E-state index contributed by atoms with van der Waals surface area (Å²) in [6.07, 6.45) is -0.156. The smallest absolute Gasteiger partial charge is 0.416 e. The van der Waals surface area contributed by atoms with Gasteiger partial charge in [0.2, 0.25) is 0 Å². The molecule has 2 N–H and O–H groups in total. The Bertz CT molecular complexity index is 731. The van der Waals surface area contributed by atoms with Crippen molar-refractivity contribution in [3.05, 3.63) is 41.9 Å². The van der Waals surface area contributed by atoms with Crippen LogP contribution in [0.4, 0.5) is 13.2 Å². The molecule has 3 rings (SSSR count). The van der Waals surface area contributed by atoms with Crippen LogP contribution >= 0.6 is 0 Å². The molecule has 0 spiro atoms. The monoisotopic (exact) mass is 338 g/mol. The van der Waals surface area contributed by atoms with Crippen LogP contribution in [0.5, 0.6) is 0 Å². The minimum absolute atomic E-state index is 0.125. The number of halogens is 3. The van der Waals surface area contributed by atoms with E-state index in [4.69, 9.17) is 5.11 Å². The molecule has 128 valence electrons. The van der Waals surface area contributed by atoms with E-state index in [1.807, 2.05) is 0 Å². The molecule has 0 unspecified atom stereocenters. The van der Waals surface area contributed by atoms with Crippen molar-refractivity contribution in [1.29, 1.82) is 0 Å². The SMILES string of the molecule is O=C(O)C1CCC(c2nc(-c3cccc(C(F)(F)F)c3)c[nH]2)CC1. The van der Waals surface area contributed by atoms with Crippen molar-refractivity contribution in [3.63, 3.8) is 0 Å². The Labute approximate surface area is 136 Å². The van der Waals surface area contributed by atoms with Crippen molar-refractivity contribution in [2.75, 3.05) is 0 Å². The molecule has 1 aromatic carbocycles. The molecule has 24 heavy (non-hydrogen) atoms. The number of nitrogens with zero attached hydrogens (tertiary/aromatic N) is 1. The van der Waals surface area contributed by atoms with E-state index in [2.05, 4.69) is 9.97 Å². The fourth-order valence-electron chi connectivity index (χ4n) is 3.16. The van der Waals surface area contributed by atoms with Gasteiger partial charge in [-0.2, -0.15) is 13.2 Å². The highest BCUT2D eigenvalue weighted by Gasteiger charge is 2.31. The lowest BCUT2D eigenvalue weighted by Gasteiger charge is -2.24. The number of alkyl halides is 3. The maximum atomic E-state index is 12.8. The lowest BCUT2D eigenvalue weighted by Crippen LogP contribution is -2.21. The van der Waals surface area contributed by atoms with E-state index in [1.54, 1.807) is 12.3 Å². The van der Waals surface area contributed by atoms with Crippen LogP contribution in [0.15, 0.2) is 30.5 Å². The number of rotatable bonds is 3. The highest BCUT2D eigenvalue weighted by molar-refractivity contribution is 5.70. The maximum absolute atomic E-state index is 12.8. The van der Waals surface area contributed by atoms with E-state index in [0.29, 0.717) is 42.8 Å². The van der Waals surface area contributed by atoms with Gasteiger partial charge >= 0.3 is 12.1 Å². The Hall–Kier alpha value is -2.31. The van der Waals surface area contributed by atoms with E-state index >= 15 is 0 Å². The summed E-state index contributed by atoms with van der Waals surface area (Å²) in [4.78, 5) is 18.4. The molecule has 0 radical (unpaired) electrons. The van der Waals surface area contributed by atoms with Gasteiger partial charge in [0.25, 0.3) is 0 Å². The van der Waals surface area contributed by atoms with Crippen molar-refractivity contribution in [1.82, 2.24) is 9.97 Å². The van der Waals surface area contributed by atoms with Gasteiger partial charge in [0.1, 0.15) is 5.82 Å². The molecular weight excluding hydrogens is 321 g/mol. The highest BCUT2D eigenvalue weighted by Crippen LogP contribution is 2.36. The van der Waals surface area contributed by atoms with E-state index in [1.165, 1.54) is 6.07 Å². The minimum Gasteiger partial charge on any atom is -0.481 e. The normalized spacial score (nSPS) is 21.6. The van der Waals surface area contributed by atoms with Crippen molar-refractivity contribution in [2.45, 2.75) is 37.8 Å². The van der Waals surface area contributed by atoms with Gasteiger partial charge in [-0.3, -0.25) is 4.79 Å². The molecule has 1 aliphatic rings. The summed E-state index contributed by atoms with van der Waals surface area (Å²) < 4.78 is 38.4. The molecule has 0 saturated heterocycles. The largest absolute Gasteiger partial charge is 0.481 e. The van der Waals surface area contributed by atoms with Gasteiger partial charge < -0.3 is 10.1 Å². The number of aromatic amines is 1. The fraction of sp³-hybridized carbons (Fsp3) is 0.412. The summed E-state index contributed by atoms with van der Waals surface area (Å²) in [6.45, 7) is 0. The lowest BCUT2D eigenvalue weighted by molar-refractivity contribution is -0.143. The van der Waals surface area contributed by atoms with Crippen LogP contribution in [0, 0.1) is 5.92 Å². The molecule has 2 aromatic rings. The average molecular weight is 338 g/mol. The first-order chi connectivity index (χ1) is 11.3. The number of aliphatic carboxylic acids is 1. The number of hydrogen-bond acceptors (Lipinski definition) is 2. The quantitative estimate of drug-likeness (QED) is 0.869. The van der Waals surface area contributed by atoms with E-state index in [0.717, 1.165) is 12.1 Å². The van der Waals surface area contributed by atoms with Gasteiger partial charge in [-0.05, 0) is 37.8 Å². The molecule has 1 aromatic heterocycles. The Kier molecular flexibility index (Phi) is 4.34. The number of nitrogens with one attached hydrogen (secondary N) is 1. The molecule has 4 nitrogen and oxygen atoms in total. The second kappa shape index (κ2) is 6.30. The number of imidazole rings is 1. The van der Waals surface area contributed by atoms with Gasteiger partial charge in [-0.25, -0.2) is 4.98 Å². The average Bonchev–Trinajstić information content (AvgIpc) is 3.04. The van der Waals surface area contributed by atoms with Crippen LogP contribution in [0.1, 0.15) is 43.0 Å². The molecule has 0 aliphatic heterocycles. The standard InChI is InChI=1S/C17H17F3N2O2/c18-17(19,20)13-3-1-2-12(8-13)14-9-21-15(22-14)10-4-6-11(7-5-10)16(23)24/h1-3,8-11H,4-7H2,(H,21,22)(H,23,24). The zero-order chi connectivity index (χ0) is 17.3. The third-order valence-corrected chi connectivity index (χ3v) is 4.55. The molecule has 1 aliphatic carbocycles. The van der Waals surface area contributed by atoms with Gasteiger partial charge in [-0.1, -0.05) is 12.1 Å². The third kappa shape index (κ3) is 3.44. The molecule has 0 atom stereocenters. The van der Waals surface area contributed by atoms with Crippen LogP contribution in [0.3, 0.4) is 0 Å². The topological polar surface area (TPSA) is 66.0 Å². The van der Waals surface area contributed by atoms with Crippen LogP contribution in [0.25, 0.3) is 11.3 Å². The molecular formula is C17H17F3N2O2. The third-order valence-electron chi connectivity index (χ3n) is 4.55. The van der Waals surface area contributed by atoms with Crippen LogP contribution < -0.4 is 0 Å². The molecule has 1 fully saturated rings. The first kappa shape index (κ1) is 16.5. The van der Waals surface area contributed by atoms with Crippen LogP contribution in [-0.4, -0.2) is 21.0 Å². The van der Waals surface area contributed by atoms with Crippen molar-refractivity contribution >= 4 is 5.97 Å². The maximum Gasteiger partial charge on any atom is 0.416 e. The summed E-state index contributed by atoms with van der Waals surface area (Å²) in [7, 11) is 0. The van der Waals surface area contributed by atoms with Gasteiger partial charge in [0.15, 0.2) is 0 Å². The Morgan fingerprint density at radius 2 is 1.92 bits per heavy atom. The molecule has 0 amide bonds. The zero-order valence-electron chi connectivity index (χ0n) is 12.8. The Morgan fingerprint density at radius 3 is 2.54 bits per heavy atom. The summed E-state index contributed by atoms with van der Waals surface area (Å²) in [5.41, 5.74) is 0.175. The van der Waals surface area contributed by atoms with Crippen LogP contribution in [0.2, 0.25) is 0 Å². The fourth-order valence-corrected chi connectivity index (χ4v) is 3.16. The zero-order valence-corrected chi connectivity index (χ0v) is 12.8. The van der Waals surface area contributed by atoms with Crippen molar-refractivity contribution in [2.24, 2.45) is 5.92 Å². The van der Waals surface area contributed by atoms with Crippen molar-refractivity contribution < 1.29 is 23.1 Å².